The fourth-order valence-electron chi connectivity index (χ4n) is 3.37. The molecule has 0 fully saturated rings. The van der Waals surface area contributed by atoms with Gasteiger partial charge in [0.1, 0.15) is 0 Å². The fourth-order valence-corrected chi connectivity index (χ4v) is 3.62. The van der Waals surface area contributed by atoms with E-state index in [1.165, 1.54) is 4.90 Å². The van der Waals surface area contributed by atoms with Gasteiger partial charge in [-0.25, -0.2) is 4.79 Å². The largest absolute Gasteiger partial charge is 0.433 e. The van der Waals surface area contributed by atoms with Crippen molar-refractivity contribution in [1.29, 1.82) is 0 Å². The number of cyclic esters (lactones) is 1. The molecule has 28 heavy (non-hydrogen) atoms. The summed E-state index contributed by atoms with van der Waals surface area (Å²) in [7, 11) is 1.70. The van der Waals surface area contributed by atoms with Crippen molar-refractivity contribution in [3.05, 3.63) is 87.9 Å². The summed E-state index contributed by atoms with van der Waals surface area (Å²) in [4.78, 5) is 14.0. The summed E-state index contributed by atoms with van der Waals surface area (Å²) in [5, 5.41) is 4.68. The minimum atomic E-state index is -0.929. The molecule has 0 aliphatic carbocycles. The van der Waals surface area contributed by atoms with Crippen LogP contribution in [0, 0.1) is 0 Å². The quantitative estimate of drug-likeness (QED) is 0.527. The molecule has 1 unspecified atom stereocenters. The molecule has 1 amide bonds. The molecule has 1 aliphatic heterocycles. The average Bonchev–Trinajstić information content (AvgIpc) is 2.68. The van der Waals surface area contributed by atoms with E-state index in [-0.39, 0.29) is 0 Å². The summed E-state index contributed by atoms with van der Waals surface area (Å²) in [5.41, 5.74) is 3.40. The second kappa shape index (κ2) is 7.04. The van der Waals surface area contributed by atoms with Crippen LogP contribution in [0.1, 0.15) is 18.1 Å². The molecule has 4 rings (SSSR count). The Kier molecular flexibility index (Phi) is 4.69. The SMILES string of the molecule is CN1C(=O)OC(C)(c2ccc(Cl)cc2)c2cc(Nc3ccc(Cl)cc3)ccc21. The smallest absolute Gasteiger partial charge is 0.415 e. The monoisotopic (exact) mass is 412 g/mol. The molecule has 0 saturated heterocycles. The van der Waals surface area contributed by atoms with Crippen LogP contribution in [0.25, 0.3) is 0 Å². The topological polar surface area (TPSA) is 41.6 Å². The maximum absolute atomic E-state index is 12.5. The van der Waals surface area contributed by atoms with Crippen molar-refractivity contribution in [3.8, 4) is 0 Å². The fraction of sp³-hybridized carbons (Fsp3) is 0.136. The molecule has 0 spiro atoms. The number of benzene rings is 3. The predicted molar refractivity (Wildman–Crippen MR) is 114 cm³/mol. The predicted octanol–water partition coefficient (Wildman–Crippen LogP) is 6.59. The van der Waals surface area contributed by atoms with E-state index in [2.05, 4.69) is 5.32 Å². The molecule has 1 atom stereocenters. The molecule has 142 valence electrons. The molecular weight excluding hydrogens is 395 g/mol. The summed E-state index contributed by atoms with van der Waals surface area (Å²) >= 11 is 12.0. The van der Waals surface area contributed by atoms with E-state index in [0.29, 0.717) is 10.0 Å². The number of nitrogens with one attached hydrogen (secondary N) is 1. The number of halogens is 2. The molecule has 1 heterocycles. The molecule has 4 nitrogen and oxygen atoms in total. The minimum Gasteiger partial charge on any atom is -0.433 e. The van der Waals surface area contributed by atoms with E-state index in [9.17, 15) is 4.79 Å². The standard InChI is InChI=1S/C22H18Cl2N2O2/c1-22(14-3-5-15(23)6-4-14)19-13-18(25-17-9-7-16(24)8-10-17)11-12-20(19)26(2)21(27)28-22/h3-13,25H,1-2H3. The zero-order valence-corrected chi connectivity index (χ0v) is 16.9. The third-order valence-electron chi connectivity index (χ3n) is 4.97. The molecule has 1 aliphatic rings. The van der Waals surface area contributed by atoms with Crippen molar-refractivity contribution in [2.45, 2.75) is 12.5 Å². The van der Waals surface area contributed by atoms with E-state index in [4.69, 9.17) is 27.9 Å². The van der Waals surface area contributed by atoms with Gasteiger partial charge in [0.05, 0.1) is 5.69 Å². The molecule has 0 radical (unpaired) electrons. The van der Waals surface area contributed by atoms with Gasteiger partial charge in [0.15, 0.2) is 5.60 Å². The van der Waals surface area contributed by atoms with Crippen LogP contribution in [0.4, 0.5) is 21.9 Å². The van der Waals surface area contributed by atoms with Gasteiger partial charge >= 0.3 is 6.09 Å². The first-order valence-corrected chi connectivity index (χ1v) is 9.52. The van der Waals surface area contributed by atoms with Gasteiger partial charge in [0.25, 0.3) is 0 Å². The highest BCUT2D eigenvalue weighted by atomic mass is 35.5. The zero-order valence-electron chi connectivity index (χ0n) is 15.4. The van der Waals surface area contributed by atoms with Crippen LogP contribution in [0.15, 0.2) is 66.7 Å². The second-order valence-electron chi connectivity index (χ2n) is 6.83. The lowest BCUT2D eigenvalue weighted by molar-refractivity contribution is 0.0524. The van der Waals surface area contributed by atoms with Crippen LogP contribution in [-0.2, 0) is 10.3 Å². The molecular formula is C22H18Cl2N2O2. The number of carbonyl (C=O) groups is 1. The van der Waals surface area contributed by atoms with Crippen molar-refractivity contribution >= 4 is 46.4 Å². The first kappa shape index (κ1) is 18.7. The number of ether oxygens (including phenoxy) is 1. The van der Waals surface area contributed by atoms with Crippen molar-refractivity contribution in [3.63, 3.8) is 0 Å². The average molecular weight is 413 g/mol. The number of nitrogens with zero attached hydrogens (tertiary/aromatic N) is 1. The lowest BCUT2D eigenvalue weighted by Gasteiger charge is -2.39. The Morgan fingerprint density at radius 1 is 0.893 bits per heavy atom. The Morgan fingerprint density at radius 2 is 1.46 bits per heavy atom. The van der Waals surface area contributed by atoms with E-state index >= 15 is 0 Å². The Morgan fingerprint density at radius 3 is 2.11 bits per heavy atom. The number of fused-ring (bicyclic) bond motifs is 1. The Balaban J connectivity index is 1.79. The highest BCUT2D eigenvalue weighted by Gasteiger charge is 2.42. The number of amides is 1. The van der Waals surface area contributed by atoms with Crippen molar-refractivity contribution in [1.82, 2.24) is 0 Å². The van der Waals surface area contributed by atoms with E-state index in [0.717, 1.165) is 28.2 Å². The highest BCUT2D eigenvalue weighted by Crippen LogP contribution is 2.44. The van der Waals surface area contributed by atoms with Crippen LogP contribution >= 0.6 is 23.2 Å². The molecule has 3 aromatic rings. The van der Waals surface area contributed by atoms with Gasteiger partial charge < -0.3 is 10.1 Å². The van der Waals surface area contributed by atoms with Crippen LogP contribution in [0.5, 0.6) is 0 Å². The number of hydrogen-bond donors (Lipinski definition) is 1. The molecule has 0 saturated carbocycles. The first-order valence-electron chi connectivity index (χ1n) is 8.77. The van der Waals surface area contributed by atoms with Gasteiger partial charge in [-0.05, 0) is 61.5 Å². The summed E-state index contributed by atoms with van der Waals surface area (Å²) in [6.07, 6.45) is -0.400. The van der Waals surface area contributed by atoms with Crippen LogP contribution < -0.4 is 10.2 Å². The van der Waals surface area contributed by atoms with Crippen molar-refractivity contribution < 1.29 is 9.53 Å². The van der Waals surface area contributed by atoms with Gasteiger partial charge in [-0.2, -0.15) is 0 Å². The van der Waals surface area contributed by atoms with Crippen molar-refractivity contribution in [2.24, 2.45) is 0 Å². The number of anilines is 3. The Labute approximate surface area is 173 Å². The van der Waals surface area contributed by atoms with Crippen molar-refractivity contribution in [2.75, 3.05) is 17.3 Å². The maximum Gasteiger partial charge on any atom is 0.415 e. The van der Waals surface area contributed by atoms with Gasteiger partial charge in [-0.3, -0.25) is 4.90 Å². The minimum absolute atomic E-state index is 0.400. The van der Waals surface area contributed by atoms with Gasteiger partial charge in [-0.1, -0.05) is 35.3 Å². The normalized spacial score (nSPS) is 18.4. The van der Waals surface area contributed by atoms with Gasteiger partial charge in [-0.15, -0.1) is 0 Å². The molecule has 0 bridgehead atoms. The van der Waals surface area contributed by atoms with E-state index in [1.807, 2.05) is 61.5 Å². The summed E-state index contributed by atoms with van der Waals surface area (Å²) in [6, 6.07) is 20.7. The van der Waals surface area contributed by atoms with Crippen LogP contribution in [0.2, 0.25) is 10.0 Å². The maximum atomic E-state index is 12.5. The molecule has 1 N–H and O–H groups in total. The number of carbonyl (C=O) groups excluding carboxylic acids is 1. The number of rotatable bonds is 3. The van der Waals surface area contributed by atoms with Gasteiger partial charge in [0, 0.05) is 39.6 Å². The lowest BCUT2D eigenvalue weighted by Crippen LogP contribution is -2.43. The zero-order chi connectivity index (χ0) is 19.9. The molecule has 0 aromatic heterocycles. The third kappa shape index (κ3) is 3.30. The second-order valence-corrected chi connectivity index (χ2v) is 7.70. The Hall–Kier alpha value is -2.69. The number of hydrogen-bond acceptors (Lipinski definition) is 3. The van der Waals surface area contributed by atoms with Crippen LogP contribution in [-0.4, -0.2) is 13.1 Å². The summed E-state index contributed by atoms with van der Waals surface area (Å²) < 4.78 is 5.86. The molecule has 3 aromatic carbocycles. The third-order valence-corrected chi connectivity index (χ3v) is 5.47. The van der Waals surface area contributed by atoms with Gasteiger partial charge in [0.2, 0.25) is 0 Å². The summed E-state index contributed by atoms with van der Waals surface area (Å²) in [6.45, 7) is 1.89. The van der Waals surface area contributed by atoms with E-state index < -0.39 is 11.7 Å². The van der Waals surface area contributed by atoms with E-state index in [1.54, 1.807) is 19.2 Å². The first-order chi connectivity index (χ1) is 13.4. The highest BCUT2D eigenvalue weighted by molar-refractivity contribution is 6.30. The summed E-state index contributed by atoms with van der Waals surface area (Å²) in [5.74, 6) is 0. The van der Waals surface area contributed by atoms with Crippen LogP contribution in [0.3, 0.4) is 0 Å². The Bertz CT molecular complexity index is 1040. The lowest BCUT2D eigenvalue weighted by atomic mass is 9.85. The molecule has 6 heteroatoms.